The smallest absolute Gasteiger partial charge is 0.155 e. The monoisotopic (exact) mass is 299 g/mol. The first kappa shape index (κ1) is 15.4. The fourth-order valence-corrected chi connectivity index (χ4v) is 5.01. The average molecular weight is 299 g/mol. The molecule has 1 heterocycles. The van der Waals surface area contributed by atoms with Crippen LogP contribution in [0.4, 0.5) is 4.39 Å². The molecule has 1 N–H and O–H groups in total. The van der Waals surface area contributed by atoms with Gasteiger partial charge in [-0.25, -0.2) is 12.8 Å². The molecule has 0 radical (unpaired) electrons. The van der Waals surface area contributed by atoms with Gasteiger partial charge in [-0.15, -0.1) is 0 Å². The first-order chi connectivity index (χ1) is 9.45. The lowest BCUT2D eigenvalue weighted by atomic mass is 9.97. The standard InChI is InChI=1S/C15H22FNO2S/c1-3-17-15(12-10-11(2)7-8-13(12)16)14-6-4-5-9-20(14,18)19/h7-8,10,14-15,17H,3-6,9H2,1-2H3. The summed E-state index contributed by atoms with van der Waals surface area (Å²) in [6.45, 7) is 4.42. The number of aryl methyl sites for hydroxylation is 1. The third kappa shape index (κ3) is 3.20. The molecule has 5 heteroatoms. The summed E-state index contributed by atoms with van der Waals surface area (Å²) in [5.41, 5.74) is 1.42. The van der Waals surface area contributed by atoms with E-state index in [0.717, 1.165) is 12.0 Å². The van der Waals surface area contributed by atoms with Crippen molar-refractivity contribution in [2.45, 2.75) is 44.4 Å². The Kier molecular flexibility index (Phi) is 4.81. The van der Waals surface area contributed by atoms with Gasteiger partial charge >= 0.3 is 0 Å². The zero-order valence-electron chi connectivity index (χ0n) is 12.0. The first-order valence-corrected chi connectivity index (χ1v) is 8.88. The van der Waals surface area contributed by atoms with Gasteiger partial charge in [0.15, 0.2) is 9.84 Å². The number of halogens is 1. The summed E-state index contributed by atoms with van der Waals surface area (Å²) in [5, 5.41) is 2.65. The number of rotatable bonds is 4. The Balaban J connectivity index is 2.42. The first-order valence-electron chi connectivity index (χ1n) is 7.16. The van der Waals surface area contributed by atoms with Crippen LogP contribution in [0.3, 0.4) is 0 Å². The van der Waals surface area contributed by atoms with Crippen LogP contribution in [0.5, 0.6) is 0 Å². The Morgan fingerprint density at radius 2 is 2.15 bits per heavy atom. The molecule has 2 rings (SSSR count). The van der Waals surface area contributed by atoms with E-state index in [0.29, 0.717) is 24.9 Å². The zero-order chi connectivity index (χ0) is 14.8. The van der Waals surface area contributed by atoms with Crippen LogP contribution in [0.15, 0.2) is 18.2 Å². The largest absolute Gasteiger partial charge is 0.309 e. The second-order valence-electron chi connectivity index (χ2n) is 5.46. The average Bonchev–Trinajstić information content (AvgIpc) is 2.39. The Labute approximate surface area is 120 Å². The Morgan fingerprint density at radius 1 is 1.40 bits per heavy atom. The van der Waals surface area contributed by atoms with Crippen LogP contribution < -0.4 is 5.32 Å². The van der Waals surface area contributed by atoms with Crippen LogP contribution in [-0.4, -0.2) is 26.0 Å². The van der Waals surface area contributed by atoms with Gasteiger partial charge in [-0.05, 0) is 32.4 Å². The molecule has 0 aromatic heterocycles. The van der Waals surface area contributed by atoms with Gasteiger partial charge < -0.3 is 5.32 Å². The van der Waals surface area contributed by atoms with E-state index >= 15 is 0 Å². The molecule has 2 atom stereocenters. The second kappa shape index (κ2) is 6.22. The van der Waals surface area contributed by atoms with E-state index in [2.05, 4.69) is 5.32 Å². The maximum atomic E-state index is 14.1. The van der Waals surface area contributed by atoms with Crippen molar-refractivity contribution in [3.05, 3.63) is 35.1 Å². The second-order valence-corrected chi connectivity index (χ2v) is 7.80. The molecule has 1 aliphatic rings. The van der Waals surface area contributed by atoms with Crippen molar-refractivity contribution in [1.29, 1.82) is 0 Å². The highest BCUT2D eigenvalue weighted by molar-refractivity contribution is 7.92. The molecule has 0 spiro atoms. The van der Waals surface area contributed by atoms with Crippen molar-refractivity contribution in [1.82, 2.24) is 5.32 Å². The van der Waals surface area contributed by atoms with Gasteiger partial charge in [0, 0.05) is 5.56 Å². The van der Waals surface area contributed by atoms with Crippen LogP contribution in [0.2, 0.25) is 0 Å². The van der Waals surface area contributed by atoms with E-state index in [4.69, 9.17) is 0 Å². The normalized spacial score (nSPS) is 23.4. The number of benzene rings is 1. The molecule has 0 bridgehead atoms. The quantitative estimate of drug-likeness (QED) is 0.930. The SMILES string of the molecule is CCNC(c1cc(C)ccc1F)C1CCCCS1(=O)=O. The predicted octanol–water partition coefficient (Wildman–Crippen LogP) is 2.75. The molecule has 0 amide bonds. The lowest BCUT2D eigenvalue weighted by Gasteiger charge is -2.31. The maximum absolute atomic E-state index is 14.1. The highest BCUT2D eigenvalue weighted by Crippen LogP contribution is 2.32. The minimum absolute atomic E-state index is 0.215. The molecule has 0 saturated carbocycles. The van der Waals surface area contributed by atoms with Crippen molar-refractivity contribution < 1.29 is 12.8 Å². The molecule has 3 nitrogen and oxygen atoms in total. The summed E-state index contributed by atoms with van der Waals surface area (Å²) in [6, 6.07) is 4.43. The lowest BCUT2D eigenvalue weighted by Crippen LogP contribution is -2.41. The highest BCUT2D eigenvalue weighted by atomic mass is 32.2. The van der Waals surface area contributed by atoms with E-state index in [9.17, 15) is 12.8 Å². The van der Waals surface area contributed by atoms with E-state index in [1.807, 2.05) is 13.8 Å². The molecule has 2 unspecified atom stereocenters. The molecule has 0 aliphatic carbocycles. The fourth-order valence-electron chi connectivity index (χ4n) is 2.92. The van der Waals surface area contributed by atoms with Gasteiger partial charge in [0.25, 0.3) is 0 Å². The third-order valence-corrected chi connectivity index (χ3v) is 6.20. The van der Waals surface area contributed by atoms with Crippen LogP contribution in [-0.2, 0) is 9.84 Å². The molecule has 1 aromatic carbocycles. The van der Waals surface area contributed by atoms with Gasteiger partial charge in [0.05, 0.1) is 17.0 Å². The number of hydrogen-bond donors (Lipinski definition) is 1. The topological polar surface area (TPSA) is 46.2 Å². The summed E-state index contributed by atoms with van der Waals surface area (Å²) in [7, 11) is -3.15. The van der Waals surface area contributed by atoms with E-state index in [1.165, 1.54) is 6.07 Å². The number of hydrogen-bond acceptors (Lipinski definition) is 3. The minimum Gasteiger partial charge on any atom is -0.309 e. The molecule has 1 aliphatic heterocycles. The molecular weight excluding hydrogens is 277 g/mol. The molecular formula is C15H22FNO2S. The summed E-state index contributed by atoms with van der Waals surface area (Å²) < 4.78 is 38.7. The molecule has 112 valence electrons. The van der Waals surface area contributed by atoms with Crippen LogP contribution >= 0.6 is 0 Å². The number of sulfone groups is 1. The lowest BCUT2D eigenvalue weighted by molar-refractivity contribution is 0.440. The van der Waals surface area contributed by atoms with Crippen LogP contribution in [0, 0.1) is 12.7 Å². The Hall–Kier alpha value is -0.940. The molecule has 1 fully saturated rings. The molecule has 20 heavy (non-hydrogen) atoms. The highest BCUT2D eigenvalue weighted by Gasteiger charge is 2.37. The third-order valence-electron chi connectivity index (χ3n) is 3.91. The van der Waals surface area contributed by atoms with Crippen molar-refractivity contribution >= 4 is 9.84 Å². The van der Waals surface area contributed by atoms with E-state index in [1.54, 1.807) is 12.1 Å². The molecule has 1 aromatic rings. The minimum atomic E-state index is -3.15. The van der Waals surface area contributed by atoms with Crippen LogP contribution in [0.1, 0.15) is 43.4 Å². The zero-order valence-corrected chi connectivity index (χ0v) is 12.8. The van der Waals surface area contributed by atoms with Gasteiger partial charge in [-0.3, -0.25) is 0 Å². The Morgan fingerprint density at radius 3 is 2.80 bits per heavy atom. The number of nitrogens with one attached hydrogen (secondary N) is 1. The summed E-state index contributed by atoms with van der Waals surface area (Å²) in [4.78, 5) is 0. The maximum Gasteiger partial charge on any atom is 0.155 e. The summed E-state index contributed by atoms with van der Waals surface area (Å²) in [5.74, 6) is -0.116. The van der Waals surface area contributed by atoms with Gasteiger partial charge in [-0.2, -0.15) is 0 Å². The van der Waals surface area contributed by atoms with E-state index in [-0.39, 0.29) is 11.6 Å². The molecule has 1 saturated heterocycles. The predicted molar refractivity (Wildman–Crippen MR) is 79.0 cm³/mol. The summed E-state index contributed by atoms with van der Waals surface area (Å²) >= 11 is 0. The van der Waals surface area contributed by atoms with Crippen molar-refractivity contribution in [2.75, 3.05) is 12.3 Å². The fraction of sp³-hybridized carbons (Fsp3) is 0.600. The van der Waals surface area contributed by atoms with Crippen molar-refractivity contribution in [3.63, 3.8) is 0 Å². The summed E-state index contributed by atoms with van der Waals surface area (Å²) in [6.07, 6.45) is 2.21. The van der Waals surface area contributed by atoms with Gasteiger partial charge in [0.2, 0.25) is 0 Å². The van der Waals surface area contributed by atoms with Gasteiger partial charge in [-0.1, -0.05) is 31.0 Å². The Bertz CT molecular complexity index is 571. The van der Waals surface area contributed by atoms with E-state index < -0.39 is 21.1 Å². The van der Waals surface area contributed by atoms with Gasteiger partial charge in [0.1, 0.15) is 5.82 Å². The van der Waals surface area contributed by atoms with Crippen LogP contribution in [0.25, 0.3) is 0 Å². The van der Waals surface area contributed by atoms with Crippen molar-refractivity contribution in [3.8, 4) is 0 Å². The van der Waals surface area contributed by atoms with Crippen molar-refractivity contribution in [2.24, 2.45) is 0 Å².